The van der Waals surface area contributed by atoms with Crippen LogP contribution >= 0.6 is 12.2 Å². The maximum Gasteiger partial charge on any atom is 0.288 e. The minimum absolute atomic E-state index is 0.319. The smallest absolute Gasteiger partial charge is 0.288 e. The fourth-order valence-electron chi connectivity index (χ4n) is 0.985. The first-order chi connectivity index (χ1) is 8.24. The van der Waals surface area contributed by atoms with Gasteiger partial charge in [-0.05, 0) is 24.4 Å². The largest absolute Gasteiger partial charge is 0.383 e. The molecule has 92 valence electrons. The maximum absolute atomic E-state index is 11.5. The summed E-state index contributed by atoms with van der Waals surface area (Å²) in [6.45, 7) is 1.11. The number of thiocarbonyl (C=S) groups is 1. The number of nitrogens with zero attached hydrogens (tertiary/aromatic N) is 1. The molecule has 0 radical (unpaired) electrons. The molecule has 0 atom stereocenters. The van der Waals surface area contributed by atoms with Crippen LogP contribution in [0.15, 0.2) is 24.4 Å². The van der Waals surface area contributed by atoms with Gasteiger partial charge in [0.2, 0.25) is 0 Å². The van der Waals surface area contributed by atoms with Crippen molar-refractivity contribution in [2.24, 2.45) is 0 Å². The second kappa shape index (κ2) is 7.53. The van der Waals surface area contributed by atoms with Crippen molar-refractivity contribution >= 4 is 23.2 Å². The van der Waals surface area contributed by atoms with E-state index in [9.17, 15) is 4.79 Å². The molecule has 6 nitrogen and oxygen atoms in total. The third kappa shape index (κ3) is 5.23. The molecular formula is C10H14N4O2S. The Morgan fingerprint density at radius 2 is 2.29 bits per heavy atom. The van der Waals surface area contributed by atoms with E-state index in [4.69, 9.17) is 17.0 Å². The highest BCUT2D eigenvalue weighted by Gasteiger charge is 2.05. The summed E-state index contributed by atoms with van der Waals surface area (Å²) in [5, 5.41) is 3.18. The maximum atomic E-state index is 11.5. The fraction of sp³-hybridized carbons (Fsp3) is 0.300. The molecule has 0 aliphatic heterocycles. The quantitative estimate of drug-likeness (QED) is 0.394. The van der Waals surface area contributed by atoms with Gasteiger partial charge in [-0.1, -0.05) is 6.07 Å². The number of ether oxygens (including phenoxy) is 1. The van der Waals surface area contributed by atoms with Crippen LogP contribution in [0.3, 0.4) is 0 Å². The normalized spacial score (nSPS) is 9.47. The van der Waals surface area contributed by atoms with Crippen molar-refractivity contribution in [1.82, 2.24) is 21.2 Å². The van der Waals surface area contributed by atoms with Gasteiger partial charge in [0.25, 0.3) is 5.91 Å². The highest BCUT2D eigenvalue weighted by atomic mass is 32.1. The molecular weight excluding hydrogens is 240 g/mol. The van der Waals surface area contributed by atoms with Crippen molar-refractivity contribution < 1.29 is 9.53 Å². The molecule has 0 saturated heterocycles. The molecule has 7 heteroatoms. The van der Waals surface area contributed by atoms with E-state index in [0.717, 1.165) is 0 Å². The highest BCUT2D eigenvalue weighted by molar-refractivity contribution is 7.80. The molecule has 0 aliphatic carbocycles. The van der Waals surface area contributed by atoms with Crippen molar-refractivity contribution in [2.75, 3.05) is 20.3 Å². The van der Waals surface area contributed by atoms with Gasteiger partial charge in [0.05, 0.1) is 6.61 Å². The van der Waals surface area contributed by atoms with Crippen LogP contribution in [0, 0.1) is 0 Å². The van der Waals surface area contributed by atoms with Crippen LogP contribution in [0.2, 0.25) is 0 Å². The molecule has 0 aromatic carbocycles. The predicted octanol–water partition coefficient (Wildman–Crippen LogP) is -0.163. The summed E-state index contributed by atoms with van der Waals surface area (Å²) >= 11 is 4.92. The number of aromatic nitrogens is 1. The van der Waals surface area contributed by atoms with Gasteiger partial charge in [-0.3, -0.25) is 20.6 Å². The number of amides is 1. The van der Waals surface area contributed by atoms with E-state index in [1.165, 1.54) is 0 Å². The van der Waals surface area contributed by atoms with Crippen molar-refractivity contribution in [2.45, 2.75) is 0 Å². The minimum Gasteiger partial charge on any atom is -0.383 e. The lowest BCUT2D eigenvalue weighted by Crippen LogP contribution is -2.47. The Bertz CT molecular complexity index is 372. The zero-order valence-electron chi connectivity index (χ0n) is 9.40. The van der Waals surface area contributed by atoms with Crippen molar-refractivity contribution in [1.29, 1.82) is 0 Å². The first kappa shape index (κ1) is 13.3. The van der Waals surface area contributed by atoms with Crippen LogP contribution < -0.4 is 16.2 Å². The third-order valence-corrected chi connectivity index (χ3v) is 2.03. The number of carbonyl (C=O) groups excluding carboxylic acids is 1. The Morgan fingerprint density at radius 1 is 1.47 bits per heavy atom. The molecule has 0 spiro atoms. The lowest BCUT2D eigenvalue weighted by Gasteiger charge is -2.10. The summed E-state index contributed by atoms with van der Waals surface area (Å²) in [6.07, 6.45) is 1.55. The third-order valence-electron chi connectivity index (χ3n) is 1.78. The topological polar surface area (TPSA) is 75.3 Å². The lowest BCUT2D eigenvalue weighted by atomic mass is 10.3. The lowest BCUT2D eigenvalue weighted by molar-refractivity contribution is 0.0938. The van der Waals surface area contributed by atoms with Crippen molar-refractivity contribution in [3.8, 4) is 0 Å². The van der Waals surface area contributed by atoms with E-state index in [1.54, 1.807) is 31.5 Å². The first-order valence-corrected chi connectivity index (χ1v) is 5.39. The number of hydrogen-bond acceptors (Lipinski definition) is 4. The summed E-state index contributed by atoms with van der Waals surface area (Å²) in [7, 11) is 1.60. The molecule has 1 amide bonds. The van der Waals surface area contributed by atoms with Crippen LogP contribution in [-0.4, -0.2) is 36.3 Å². The number of hydrazine groups is 1. The molecule has 3 N–H and O–H groups in total. The second-order valence-corrected chi connectivity index (χ2v) is 3.45. The number of rotatable bonds is 4. The zero-order valence-corrected chi connectivity index (χ0v) is 10.2. The van der Waals surface area contributed by atoms with Crippen LogP contribution in [0.4, 0.5) is 0 Å². The van der Waals surface area contributed by atoms with Crippen LogP contribution in [-0.2, 0) is 4.74 Å². The van der Waals surface area contributed by atoms with E-state index in [2.05, 4.69) is 21.2 Å². The molecule has 1 heterocycles. The van der Waals surface area contributed by atoms with Crippen molar-refractivity contribution in [3.63, 3.8) is 0 Å². The van der Waals surface area contributed by atoms with E-state index in [0.29, 0.717) is 24.0 Å². The standard InChI is InChI=1S/C10H14N4O2S/c1-16-7-6-12-10(17)14-13-9(15)8-4-2-3-5-11-8/h2-5H,6-7H2,1H3,(H,13,15)(H2,12,14,17). The van der Waals surface area contributed by atoms with Gasteiger partial charge in [0.1, 0.15) is 5.69 Å². The summed E-state index contributed by atoms with van der Waals surface area (Å²) < 4.78 is 4.84. The van der Waals surface area contributed by atoms with E-state index in [1.807, 2.05) is 0 Å². The van der Waals surface area contributed by atoms with E-state index in [-0.39, 0.29) is 5.91 Å². The highest BCUT2D eigenvalue weighted by Crippen LogP contribution is 1.91. The first-order valence-electron chi connectivity index (χ1n) is 4.98. The fourth-order valence-corrected chi connectivity index (χ4v) is 1.14. The molecule has 0 aliphatic rings. The van der Waals surface area contributed by atoms with Crippen LogP contribution in [0.1, 0.15) is 10.5 Å². The second-order valence-electron chi connectivity index (χ2n) is 3.04. The van der Waals surface area contributed by atoms with Gasteiger partial charge in [-0.25, -0.2) is 0 Å². The summed E-state index contributed by atoms with van der Waals surface area (Å²) in [5.41, 5.74) is 5.31. The molecule has 0 fully saturated rings. The number of pyridine rings is 1. The average Bonchev–Trinajstić information content (AvgIpc) is 2.37. The van der Waals surface area contributed by atoms with Crippen LogP contribution in [0.5, 0.6) is 0 Å². The van der Waals surface area contributed by atoms with Gasteiger partial charge < -0.3 is 10.1 Å². The molecule has 1 aromatic heterocycles. The minimum atomic E-state index is -0.346. The Labute approximate surface area is 105 Å². The van der Waals surface area contributed by atoms with Crippen LogP contribution in [0.25, 0.3) is 0 Å². The van der Waals surface area contributed by atoms with Gasteiger partial charge in [-0.2, -0.15) is 0 Å². The Morgan fingerprint density at radius 3 is 2.94 bits per heavy atom. The summed E-state index contributed by atoms with van der Waals surface area (Å²) in [4.78, 5) is 15.4. The van der Waals surface area contributed by atoms with Gasteiger partial charge in [-0.15, -0.1) is 0 Å². The molecule has 17 heavy (non-hydrogen) atoms. The Balaban J connectivity index is 2.26. The summed E-state index contributed by atoms with van der Waals surface area (Å²) in [6, 6.07) is 5.08. The molecule has 0 unspecified atom stereocenters. The Kier molecular flexibility index (Phi) is 5.91. The van der Waals surface area contributed by atoms with E-state index < -0.39 is 0 Å². The average molecular weight is 254 g/mol. The number of nitrogens with one attached hydrogen (secondary N) is 3. The number of hydrogen-bond donors (Lipinski definition) is 3. The number of methoxy groups -OCH3 is 1. The molecule has 0 bridgehead atoms. The predicted molar refractivity (Wildman–Crippen MR) is 67.3 cm³/mol. The summed E-state index contributed by atoms with van der Waals surface area (Å²) in [5.74, 6) is -0.346. The Hall–Kier alpha value is -1.73. The van der Waals surface area contributed by atoms with Gasteiger partial charge in [0, 0.05) is 19.9 Å². The van der Waals surface area contributed by atoms with E-state index >= 15 is 0 Å². The van der Waals surface area contributed by atoms with Gasteiger partial charge >= 0.3 is 0 Å². The monoisotopic (exact) mass is 254 g/mol. The molecule has 1 rings (SSSR count). The molecule has 1 aromatic rings. The SMILES string of the molecule is COCCNC(=S)NNC(=O)c1ccccn1. The van der Waals surface area contributed by atoms with Gasteiger partial charge in [0.15, 0.2) is 5.11 Å². The molecule has 0 saturated carbocycles. The van der Waals surface area contributed by atoms with Crippen molar-refractivity contribution in [3.05, 3.63) is 30.1 Å². The number of carbonyl (C=O) groups is 1. The zero-order chi connectivity index (χ0) is 12.5.